The maximum atomic E-state index is 14.2. The van der Waals surface area contributed by atoms with Crippen LogP contribution in [-0.2, 0) is 10.4 Å². The number of benzene rings is 2. The third kappa shape index (κ3) is 6.52. The van der Waals surface area contributed by atoms with Gasteiger partial charge in [0.15, 0.2) is 5.60 Å². The van der Waals surface area contributed by atoms with Crippen LogP contribution in [0.15, 0.2) is 48.5 Å². The van der Waals surface area contributed by atoms with Gasteiger partial charge in [0.2, 0.25) is 0 Å². The summed E-state index contributed by atoms with van der Waals surface area (Å²) in [6.45, 7) is 9.25. The molecule has 3 atom stereocenters. The predicted octanol–water partition coefficient (Wildman–Crippen LogP) is 4.48. The molecular formula is C25H34FNO4. The lowest BCUT2D eigenvalue weighted by Crippen LogP contribution is -2.49. The molecule has 2 rings (SSSR count). The third-order valence-electron chi connectivity index (χ3n) is 5.35. The molecule has 0 bridgehead atoms. The monoisotopic (exact) mass is 431 g/mol. The van der Waals surface area contributed by atoms with Gasteiger partial charge in [0, 0.05) is 5.56 Å². The molecule has 6 heteroatoms. The molecule has 31 heavy (non-hydrogen) atoms. The minimum absolute atomic E-state index is 0.132. The number of carbonyl (C=O) groups excluding carboxylic acids is 1. The molecule has 3 N–H and O–H groups in total. The molecule has 0 aliphatic carbocycles. The second-order valence-electron chi connectivity index (χ2n) is 8.89. The van der Waals surface area contributed by atoms with Gasteiger partial charge in [-0.15, -0.1) is 0 Å². The van der Waals surface area contributed by atoms with Crippen LogP contribution in [0.1, 0.15) is 64.6 Å². The fraction of sp³-hybridized carbons (Fsp3) is 0.480. The number of hydrogen-bond donors (Lipinski definition) is 3. The fourth-order valence-electron chi connectivity index (χ4n) is 3.49. The smallest absolute Gasteiger partial charge is 0.257 e. The molecule has 0 aromatic heterocycles. The molecule has 0 saturated heterocycles. The van der Waals surface area contributed by atoms with E-state index in [9.17, 15) is 19.4 Å². The first-order valence-electron chi connectivity index (χ1n) is 10.7. The summed E-state index contributed by atoms with van der Waals surface area (Å²) in [5.74, 6) is -0.334. The molecule has 5 nitrogen and oxygen atoms in total. The van der Waals surface area contributed by atoms with Gasteiger partial charge in [0.25, 0.3) is 5.91 Å². The Labute approximate surface area is 184 Å². The quantitative estimate of drug-likeness (QED) is 0.518. The first-order chi connectivity index (χ1) is 14.5. The lowest BCUT2D eigenvalue weighted by molar-refractivity contribution is -0.142. The summed E-state index contributed by atoms with van der Waals surface area (Å²) >= 11 is 0. The largest absolute Gasteiger partial charge is 0.493 e. The van der Waals surface area contributed by atoms with Crippen molar-refractivity contribution in [3.05, 3.63) is 65.5 Å². The maximum Gasteiger partial charge on any atom is 0.257 e. The zero-order chi connectivity index (χ0) is 23.2. The second-order valence-corrected chi connectivity index (χ2v) is 8.89. The highest BCUT2D eigenvalue weighted by Crippen LogP contribution is 2.30. The van der Waals surface area contributed by atoms with Crippen LogP contribution in [0.2, 0.25) is 0 Å². The van der Waals surface area contributed by atoms with E-state index in [1.165, 1.54) is 25.1 Å². The molecule has 0 radical (unpaired) electrons. The van der Waals surface area contributed by atoms with E-state index in [1.54, 1.807) is 44.2 Å². The molecular weight excluding hydrogens is 397 g/mol. The first kappa shape index (κ1) is 24.8. The van der Waals surface area contributed by atoms with Crippen LogP contribution in [-0.4, -0.2) is 28.3 Å². The number of rotatable bonds is 10. The molecule has 170 valence electrons. The van der Waals surface area contributed by atoms with Crippen molar-refractivity contribution in [3.8, 4) is 5.75 Å². The lowest BCUT2D eigenvalue weighted by Gasteiger charge is -2.33. The van der Waals surface area contributed by atoms with Crippen LogP contribution in [0.5, 0.6) is 5.75 Å². The third-order valence-corrected chi connectivity index (χ3v) is 5.35. The van der Waals surface area contributed by atoms with Gasteiger partial charge in [0.05, 0.1) is 18.2 Å². The molecule has 2 aromatic carbocycles. The van der Waals surface area contributed by atoms with E-state index >= 15 is 0 Å². The highest BCUT2D eigenvalue weighted by Gasteiger charge is 2.39. The molecule has 0 heterocycles. The number of aliphatic hydroxyl groups is 2. The van der Waals surface area contributed by atoms with E-state index in [1.807, 2.05) is 0 Å². The second kappa shape index (κ2) is 10.2. The zero-order valence-electron chi connectivity index (χ0n) is 19.0. The Bertz CT molecular complexity index is 859. The number of halogens is 1. The Morgan fingerprint density at radius 1 is 1.10 bits per heavy atom. The number of amides is 1. The van der Waals surface area contributed by atoms with Crippen molar-refractivity contribution in [2.24, 2.45) is 5.92 Å². The fourth-order valence-corrected chi connectivity index (χ4v) is 3.49. The van der Waals surface area contributed by atoms with E-state index in [0.717, 1.165) is 12.8 Å². The minimum atomic E-state index is -2.10. The summed E-state index contributed by atoms with van der Waals surface area (Å²) in [5, 5.41) is 24.1. The van der Waals surface area contributed by atoms with Gasteiger partial charge in [-0.25, -0.2) is 4.39 Å². The van der Waals surface area contributed by atoms with Gasteiger partial charge in [0.1, 0.15) is 11.6 Å². The zero-order valence-corrected chi connectivity index (χ0v) is 19.0. The standard InChI is InChI=1S/C25H34FNO4/c1-6-9-17(2)16-31-19-14-12-18(13-15-19)22(24(3,4)29)27-23(28)25(5,30)20-10-7-8-11-21(20)26/h7-8,10-15,17,22,29-30H,6,9,16H2,1-5H3,(H,27,28)/t17?,22-,25-/m1/s1. The number of ether oxygens (including phenoxy) is 1. The predicted molar refractivity (Wildman–Crippen MR) is 119 cm³/mol. The van der Waals surface area contributed by atoms with Crippen LogP contribution in [0, 0.1) is 11.7 Å². The maximum absolute atomic E-state index is 14.2. The van der Waals surface area contributed by atoms with Crippen molar-refractivity contribution in [2.45, 2.75) is 64.7 Å². The Morgan fingerprint density at radius 3 is 2.26 bits per heavy atom. The van der Waals surface area contributed by atoms with Crippen molar-refractivity contribution in [2.75, 3.05) is 6.61 Å². The number of nitrogens with one attached hydrogen (secondary N) is 1. The molecule has 0 saturated carbocycles. The SMILES string of the molecule is CCCC(C)COc1ccc([C@@H](NC(=O)[C@](C)(O)c2ccccc2F)C(C)(C)O)cc1. The Hall–Kier alpha value is -2.44. The van der Waals surface area contributed by atoms with Gasteiger partial charge in [-0.2, -0.15) is 0 Å². The van der Waals surface area contributed by atoms with E-state index in [-0.39, 0.29) is 5.56 Å². The van der Waals surface area contributed by atoms with Crippen LogP contribution < -0.4 is 10.1 Å². The summed E-state index contributed by atoms with van der Waals surface area (Å²) in [6, 6.07) is 11.9. The van der Waals surface area contributed by atoms with Crippen LogP contribution >= 0.6 is 0 Å². The van der Waals surface area contributed by atoms with Gasteiger partial charge in [-0.1, -0.05) is 50.6 Å². The normalized spacial score (nSPS) is 15.6. The van der Waals surface area contributed by atoms with Crippen LogP contribution in [0.4, 0.5) is 4.39 Å². The van der Waals surface area contributed by atoms with E-state index in [0.29, 0.717) is 23.8 Å². The van der Waals surface area contributed by atoms with Gasteiger partial charge in [-0.3, -0.25) is 4.79 Å². The van der Waals surface area contributed by atoms with E-state index in [2.05, 4.69) is 19.2 Å². The van der Waals surface area contributed by atoms with Crippen molar-refractivity contribution >= 4 is 5.91 Å². The van der Waals surface area contributed by atoms with Crippen molar-refractivity contribution in [1.82, 2.24) is 5.32 Å². The van der Waals surface area contributed by atoms with Gasteiger partial charge >= 0.3 is 0 Å². The average Bonchev–Trinajstić information content (AvgIpc) is 2.70. The van der Waals surface area contributed by atoms with Crippen molar-refractivity contribution in [1.29, 1.82) is 0 Å². The minimum Gasteiger partial charge on any atom is -0.493 e. The molecule has 0 aliphatic heterocycles. The van der Waals surface area contributed by atoms with Gasteiger partial charge in [-0.05, 0) is 56.9 Å². The number of carbonyl (C=O) groups is 1. The Morgan fingerprint density at radius 2 is 1.71 bits per heavy atom. The first-order valence-corrected chi connectivity index (χ1v) is 10.7. The highest BCUT2D eigenvalue weighted by molar-refractivity contribution is 5.86. The summed E-state index contributed by atoms with van der Waals surface area (Å²) in [4.78, 5) is 12.9. The van der Waals surface area contributed by atoms with Gasteiger partial charge < -0.3 is 20.3 Å². The lowest BCUT2D eigenvalue weighted by atomic mass is 9.89. The summed E-state index contributed by atoms with van der Waals surface area (Å²) < 4.78 is 20.0. The van der Waals surface area contributed by atoms with Crippen LogP contribution in [0.25, 0.3) is 0 Å². The van der Waals surface area contributed by atoms with E-state index in [4.69, 9.17) is 4.74 Å². The van der Waals surface area contributed by atoms with Crippen LogP contribution in [0.3, 0.4) is 0 Å². The Kier molecular flexibility index (Phi) is 8.21. The summed E-state index contributed by atoms with van der Waals surface area (Å²) in [6.07, 6.45) is 2.19. The molecule has 0 fully saturated rings. The molecule has 1 unspecified atom stereocenters. The molecule has 0 spiro atoms. The molecule has 2 aromatic rings. The summed E-state index contributed by atoms with van der Waals surface area (Å²) in [5.41, 5.74) is -2.93. The summed E-state index contributed by atoms with van der Waals surface area (Å²) in [7, 11) is 0. The van der Waals surface area contributed by atoms with Crippen molar-refractivity contribution in [3.63, 3.8) is 0 Å². The number of hydrogen-bond acceptors (Lipinski definition) is 4. The topological polar surface area (TPSA) is 78.8 Å². The average molecular weight is 432 g/mol. The highest BCUT2D eigenvalue weighted by atomic mass is 19.1. The molecule has 1 amide bonds. The molecule has 0 aliphatic rings. The van der Waals surface area contributed by atoms with E-state index < -0.39 is 29.0 Å². The van der Waals surface area contributed by atoms with Crippen molar-refractivity contribution < 1.29 is 24.1 Å². The Balaban J connectivity index is 2.19.